The van der Waals surface area contributed by atoms with E-state index in [0.717, 1.165) is 12.8 Å². The standard InChI is InChI=1S/C14H16N2O3/c1-18-12-6-10-11(15-8-16-14(10)17)7-13(12)19-9-4-2-3-5-9/h6-9H,2-5H2,1H3,(H,15,16,17). The van der Waals surface area contributed by atoms with Crippen LogP contribution in [0.3, 0.4) is 0 Å². The van der Waals surface area contributed by atoms with Crippen LogP contribution in [0.4, 0.5) is 0 Å². The van der Waals surface area contributed by atoms with E-state index < -0.39 is 0 Å². The molecule has 0 atom stereocenters. The van der Waals surface area contributed by atoms with E-state index in [1.807, 2.05) is 0 Å². The third-order valence-electron chi connectivity index (χ3n) is 3.52. The van der Waals surface area contributed by atoms with Gasteiger partial charge in [0.25, 0.3) is 5.56 Å². The summed E-state index contributed by atoms with van der Waals surface area (Å²) in [6.07, 6.45) is 6.20. The van der Waals surface area contributed by atoms with Gasteiger partial charge in [0.15, 0.2) is 11.5 Å². The van der Waals surface area contributed by atoms with E-state index in [-0.39, 0.29) is 11.7 Å². The molecule has 5 heteroatoms. The summed E-state index contributed by atoms with van der Waals surface area (Å²) in [5.41, 5.74) is 0.452. The Morgan fingerprint density at radius 2 is 2.05 bits per heavy atom. The molecular weight excluding hydrogens is 244 g/mol. The van der Waals surface area contributed by atoms with Gasteiger partial charge < -0.3 is 14.5 Å². The highest BCUT2D eigenvalue weighted by Crippen LogP contribution is 2.33. The predicted octanol–water partition coefficient (Wildman–Crippen LogP) is 2.25. The molecule has 0 unspecified atom stereocenters. The monoisotopic (exact) mass is 260 g/mol. The molecule has 19 heavy (non-hydrogen) atoms. The van der Waals surface area contributed by atoms with Crippen molar-refractivity contribution in [3.05, 3.63) is 28.8 Å². The Morgan fingerprint density at radius 1 is 1.26 bits per heavy atom. The van der Waals surface area contributed by atoms with E-state index in [1.165, 1.54) is 19.2 Å². The Morgan fingerprint density at radius 3 is 2.79 bits per heavy atom. The van der Waals surface area contributed by atoms with Crippen LogP contribution < -0.4 is 15.0 Å². The van der Waals surface area contributed by atoms with Crippen molar-refractivity contribution in [2.45, 2.75) is 31.8 Å². The molecule has 1 aromatic heterocycles. The first kappa shape index (κ1) is 12.0. The molecule has 2 aromatic rings. The zero-order chi connectivity index (χ0) is 13.2. The van der Waals surface area contributed by atoms with Gasteiger partial charge in [0.2, 0.25) is 0 Å². The first-order chi connectivity index (χ1) is 9.28. The number of aromatic amines is 1. The molecule has 5 nitrogen and oxygen atoms in total. The zero-order valence-electron chi connectivity index (χ0n) is 10.8. The second kappa shape index (κ2) is 4.91. The Balaban J connectivity index is 2.04. The number of aromatic nitrogens is 2. The van der Waals surface area contributed by atoms with E-state index >= 15 is 0 Å². The second-order valence-corrected chi connectivity index (χ2v) is 4.78. The largest absolute Gasteiger partial charge is 0.493 e. The predicted molar refractivity (Wildman–Crippen MR) is 71.8 cm³/mol. The van der Waals surface area contributed by atoms with Crippen LogP contribution in [0.1, 0.15) is 25.7 Å². The highest BCUT2D eigenvalue weighted by molar-refractivity contribution is 5.81. The molecule has 1 heterocycles. The summed E-state index contributed by atoms with van der Waals surface area (Å²) in [4.78, 5) is 18.4. The number of H-pyrrole nitrogens is 1. The van der Waals surface area contributed by atoms with Gasteiger partial charge in [-0.25, -0.2) is 4.98 Å². The third kappa shape index (κ3) is 2.28. The maximum Gasteiger partial charge on any atom is 0.258 e. The Labute approximate surface area is 110 Å². The van der Waals surface area contributed by atoms with Crippen molar-refractivity contribution in [1.29, 1.82) is 0 Å². The Kier molecular flexibility index (Phi) is 3.11. The lowest BCUT2D eigenvalue weighted by molar-refractivity contribution is 0.201. The Hall–Kier alpha value is -2.04. The smallest absolute Gasteiger partial charge is 0.258 e. The van der Waals surface area contributed by atoms with E-state index in [0.29, 0.717) is 22.4 Å². The lowest BCUT2D eigenvalue weighted by atomic mass is 10.2. The van der Waals surface area contributed by atoms with E-state index in [9.17, 15) is 4.79 Å². The van der Waals surface area contributed by atoms with Gasteiger partial charge in [-0.3, -0.25) is 4.79 Å². The van der Waals surface area contributed by atoms with Crippen molar-refractivity contribution in [2.75, 3.05) is 7.11 Å². The molecule has 0 aliphatic heterocycles. The van der Waals surface area contributed by atoms with Crippen LogP contribution in [-0.2, 0) is 0 Å². The minimum Gasteiger partial charge on any atom is -0.493 e. The fourth-order valence-electron chi connectivity index (χ4n) is 2.51. The number of hydrogen-bond donors (Lipinski definition) is 1. The molecule has 3 rings (SSSR count). The molecule has 1 saturated carbocycles. The van der Waals surface area contributed by atoms with E-state index in [1.54, 1.807) is 19.2 Å². The van der Waals surface area contributed by atoms with Crippen LogP contribution in [0.25, 0.3) is 10.9 Å². The molecule has 0 spiro atoms. The van der Waals surface area contributed by atoms with E-state index in [4.69, 9.17) is 9.47 Å². The number of methoxy groups -OCH3 is 1. The fraction of sp³-hybridized carbons (Fsp3) is 0.429. The maximum atomic E-state index is 11.7. The van der Waals surface area contributed by atoms with Crippen LogP contribution in [0.5, 0.6) is 11.5 Å². The van der Waals surface area contributed by atoms with Gasteiger partial charge in [0.1, 0.15) is 0 Å². The van der Waals surface area contributed by atoms with Crippen molar-refractivity contribution in [2.24, 2.45) is 0 Å². The normalized spacial score (nSPS) is 15.8. The third-order valence-corrected chi connectivity index (χ3v) is 3.52. The summed E-state index contributed by atoms with van der Waals surface area (Å²) in [5, 5.41) is 0.512. The average molecular weight is 260 g/mol. The molecular formula is C14H16N2O3. The van der Waals surface area contributed by atoms with Gasteiger partial charge in [-0.05, 0) is 31.7 Å². The summed E-state index contributed by atoms with van der Waals surface area (Å²) >= 11 is 0. The number of benzene rings is 1. The highest BCUT2D eigenvalue weighted by Gasteiger charge is 2.19. The van der Waals surface area contributed by atoms with Crippen LogP contribution >= 0.6 is 0 Å². The van der Waals surface area contributed by atoms with E-state index in [2.05, 4.69) is 9.97 Å². The molecule has 1 N–H and O–H groups in total. The minimum absolute atomic E-state index is 0.171. The number of rotatable bonds is 3. The summed E-state index contributed by atoms with van der Waals surface area (Å²) in [6, 6.07) is 3.47. The van der Waals surface area contributed by atoms with Crippen LogP contribution in [0.15, 0.2) is 23.3 Å². The molecule has 1 aliphatic carbocycles. The molecule has 1 aliphatic rings. The molecule has 1 aromatic carbocycles. The first-order valence-electron chi connectivity index (χ1n) is 6.50. The fourth-order valence-corrected chi connectivity index (χ4v) is 2.51. The Bertz CT molecular complexity index is 645. The molecule has 100 valence electrons. The second-order valence-electron chi connectivity index (χ2n) is 4.78. The van der Waals surface area contributed by atoms with Crippen LogP contribution in [0, 0.1) is 0 Å². The molecule has 1 fully saturated rings. The van der Waals surface area contributed by atoms with Gasteiger partial charge in [-0.15, -0.1) is 0 Å². The van der Waals surface area contributed by atoms with Crippen molar-refractivity contribution in [3.63, 3.8) is 0 Å². The minimum atomic E-state index is -0.171. The van der Waals surface area contributed by atoms with Crippen molar-refractivity contribution < 1.29 is 9.47 Å². The molecule has 0 amide bonds. The number of ether oxygens (including phenoxy) is 2. The van der Waals surface area contributed by atoms with Gasteiger partial charge in [-0.1, -0.05) is 0 Å². The topological polar surface area (TPSA) is 64.2 Å². The van der Waals surface area contributed by atoms with Crippen molar-refractivity contribution in [1.82, 2.24) is 9.97 Å². The molecule has 0 saturated heterocycles. The SMILES string of the molecule is COc1cc2c(=O)[nH]cnc2cc1OC1CCCC1. The van der Waals surface area contributed by atoms with Gasteiger partial charge in [-0.2, -0.15) is 0 Å². The molecule has 0 radical (unpaired) electrons. The summed E-state index contributed by atoms with van der Waals surface area (Å²) in [7, 11) is 1.58. The highest BCUT2D eigenvalue weighted by atomic mass is 16.5. The van der Waals surface area contributed by atoms with Gasteiger partial charge >= 0.3 is 0 Å². The lowest BCUT2D eigenvalue weighted by Gasteiger charge is -2.16. The quantitative estimate of drug-likeness (QED) is 0.919. The number of fused-ring (bicyclic) bond motifs is 1. The van der Waals surface area contributed by atoms with Crippen LogP contribution in [0.2, 0.25) is 0 Å². The lowest BCUT2D eigenvalue weighted by Crippen LogP contribution is -2.12. The number of hydrogen-bond acceptors (Lipinski definition) is 4. The summed E-state index contributed by atoms with van der Waals surface area (Å²) in [6.45, 7) is 0. The average Bonchev–Trinajstić information content (AvgIpc) is 2.91. The van der Waals surface area contributed by atoms with Crippen LogP contribution in [-0.4, -0.2) is 23.2 Å². The zero-order valence-corrected chi connectivity index (χ0v) is 10.8. The number of nitrogens with one attached hydrogen (secondary N) is 1. The van der Waals surface area contributed by atoms with Gasteiger partial charge in [0.05, 0.1) is 30.4 Å². The summed E-state index contributed by atoms with van der Waals surface area (Å²) < 4.78 is 11.3. The number of nitrogens with zero attached hydrogens (tertiary/aromatic N) is 1. The maximum absolute atomic E-state index is 11.7. The van der Waals surface area contributed by atoms with Crippen molar-refractivity contribution >= 4 is 10.9 Å². The van der Waals surface area contributed by atoms with Gasteiger partial charge in [0, 0.05) is 6.07 Å². The molecule has 0 bridgehead atoms. The first-order valence-corrected chi connectivity index (χ1v) is 6.50. The summed E-state index contributed by atoms with van der Waals surface area (Å²) in [5.74, 6) is 1.25. The van der Waals surface area contributed by atoms with Crippen molar-refractivity contribution in [3.8, 4) is 11.5 Å².